The molecular weight excluding hydrogens is 122 g/mol. The summed E-state index contributed by atoms with van der Waals surface area (Å²) in [5, 5.41) is 0. The molecular formula is C9H19N. The van der Waals surface area contributed by atoms with Crippen LogP contribution in [0.5, 0.6) is 0 Å². The van der Waals surface area contributed by atoms with Gasteiger partial charge in [0.05, 0.1) is 0 Å². The van der Waals surface area contributed by atoms with Crippen LogP contribution in [0, 0.1) is 5.41 Å². The molecule has 1 nitrogen and oxygen atoms in total. The standard InChI is InChI=1S/C9H19N/c1-5-6-7-10-8-9(2,3)4/h7H,5-6,8H2,1-4H3. The Kier molecular flexibility index (Phi) is 4.33. The van der Waals surface area contributed by atoms with Crippen LogP contribution >= 0.6 is 0 Å². The van der Waals surface area contributed by atoms with Crippen LogP contribution in [0.4, 0.5) is 0 Å². The van der Waals surface area contributed by atoms with Crippen LogP contribution in [0.15, 0.2) is 4.99 Å². The minimum absolute atomic E-state index is 0.351. The van der Waals surface area contributed by atoms with Crippen LogP contribution in [0.25, 0.3) is 0 Å². The lowest BCUT2D eigenvalue weighted by molar-refractivity contribution is 0.430. The first-order valence-corrected chi connectivity index (χ1v) is 4.04. The molecule has 0 bridgehead atoms. The zero-order valence-corrected chi connectivity index (χ0v) is 7.65. The quantitative estimate of drug-likeness (QED) is 0.536. The Morgan fingerprint density at radius 3 is 2.30 bits per heavy atom. The molecule has 0 aliphatic carbocycles. The van der Waals surface area contributed by atoms with E-state index in [4.69, 9.17) is 0 Å². The first-order chi connectivity index (χ1) is 4.56. The van der Waals surface area contributed by atoms with E-state index < -0.39 is 0 Å². The average Bonchev–Trinajstić information content (AvgIpc) is 1.78. The van der Waals surface area contributed by atoms with Crippen molar-refractivity contribution in [2.45, 2.75) is 40.5 Å². The van der Waals surface area contributed by atoms with Crippen LogP contribution in [0.2, 0.25) is 0 Å². The van der Waals surface area contributed by atoms with Gasteiger partial charge in [-0.05, 0) is 18.1 Å². The normalized spacial score (nSPS) is 12.8. The summed E-state index contributed by atoms with van der Waals surface area (Å²) in [5.74, 6) is 0. The summed E-state index contributed by atoms with van der Waals surface area (Å²) in [6.07, 6.45) is 4.36. The van der Waals surface area contributed by atoms with Crippen molar-refractivity contribution in [1.82, 2.24) is 0 Å². The third-order valence-electron chi connectivity index (χ3n) is 1.11. The molecule has 0 heterocycles. The average molecular weight is 141 g/mol. The van der Waals surface area contributed by atoms with Crippen LogP contribution < -0.4 is 0 Å². The van der Waals surface area contributed by atoms with Crippen LogP contribution in [0.1, 0.15) is 40.5 Å². The highest BCUT2D eigenvalue weighted by molar-refractivity contribution is 5.56. The van der Waals surface area contributed by atoms with Crippen LogP contribution in [-0.4, -0.2) is 12.8 Å². The summed E-state index contributed by atoms with van der Waals surface area (Å²) in [6.45, 7) is 9.74. The van der Waals surface area contributed by atoms with E-state index in [1.165, 1.54) is 6.42 Å². The van der Waals surface area contributed by atoms with Crippen molar-refractivity contribution >= 4 is 6.21 Å². The maximum atomic E-state index is 4.31. The van der Waals surface area contributed by atoms with Crippen molar-refractivity contribution < 1.29 is 0 Å². The second-order valence-electron chi connectivity index (χ2n) is 3.87. The molecule has 0 aliphatic heterocycles. The predicted molar refractivity (Wildman–Crippen MR) is 47.7 cm³/mol. The van der Waals surface area contributed by atoms with Crippen molar-refractivity contribution in [3.8, 4) is 0 Å². The highest BCUT2D eigenvalue weighted by Gasteiger charge is 2.06. The Morgan fingerprint density at radius 2 is 1.90 bits per heavy atom. The third-order valence-corrected chi connectivity index (χ3v) is 1.11. The Bertz CT molecular complexity index is 97.8. The molecule has 0 unspecified atom stereocenters. The Balaban J connectivity index is 3.34. The first kappa shape index (κ1) is 9.67. The van der Waals surface area contributed by atoms with Gasteiger partial charge in [-0.1, -0.05) is 34.1 Å². The van der Waals surface area contributed by atoms with E-state index in [0.717, 1.165) is 13.0 Å². The lowest BCUT2D eigenvalue weighted by atomic mass is 9.97. The van der Waals surface area contributed by atoms with Crippen molar-refractivity contribution in [2.75, 3.05) is 6.54 Å². The molecule has 10 heavy (non-hydrogen) atoms. The second kappa shape index (κ2) is 4.48. The highest BCUT2D eigenvalue weighted by Crippen LogP contribution is 2.12. The van der Waals surface area contributed by atoms with Crippen LogP contribution in [0.3, 0.4) is 0 Å². The number of hydrogen-bond donors (Lipinski definition) is 0. The van der Waals surface area contributed by atoms with Gasteiger partial charge in [-0.3, -0.25) is 4.99 Å². The summed E-state index contributed by atoms with van der Waals surface area (Å²) < 4.78 is 0. The smallest absolute Gasteiger partial charge is 0.0433 e. The fraction of sp³-hybridized carbons (Fsp3) is 0.889. The number of aliphatic imine (C=N–C) groups is 1. The van der Waals surface area contributed by atoms with Gasteiger partial charge in [-0.2, -0.15) is 0 Å². The van der Waals surface area contributed by atoms with Gasteiger partial charge in [0.25, 0.3) is 0 Å². The van der Waals surface area contributed by atoms with E-state index in [2.05, 4.69) is 32.7 Å². The molecule has 0 amide bonds. The summed E-state index contributed by atoms with van der Waals surface area (Å²) >= 11 is 0. The maximum Gasteiger partial charge on any atom is 0.0433 e. The lowest BCUT2D eigenvalue weighted by Gasteiger charge is -2.13. The first-order valence-electron chi connectivity index (χ1n) is 4.04. The van der Waals surface area contributed by atoms with E-state index in [9.17, 15) is 0 Å². The number of nitrogens with zero attached hydrogens (tertiary/aromatic N) is 1. The highest BCUT2D eigenvalue weighted by atomic mass is 14.7. The Labute approximate surface area is 64.6 Å². The maximum absolute atomic E-state index is 4.31. The predicted octanol–water partition coefficient (Wildman–Crippen LogP) is 2.90. The van der Waals surface area contributed by atoms with Gasteiger partial charge in [0, 0.05) is 6.54 Å². The van der Waals surface area contributed by atoms with Gasteiger partial charge < -0.3 is 0 Å². The summed E-state index contributed by atoms with van der Waals surface area (Å²) in [7, 11) is 0. The second-order valence-corrected chi connectivity index (χ2v) is 3.87. The molecule has 0 radical (unpaired) electrons. The zero-order valence-electron chi connectivity index (χ0n) is 7.65. The molecule has 0 N–H and O–H groups in total. The molecule has 0 spiro atoms. The molecule has 0 atom stereocenters. The van der Waals surface area contributed by atoms with Crippen LogP contribution in [-0.2, 0) is 0 Å². The zero-order chi connectivity index (χ0) is 8.04. The largest absolute Gasteiger partial charge is 0.297 e. The number of unbranched alkanes of at least 4 members (excludes halogenated alkanes) is 1. The molecule has 0 saturated heterocycles. The van der Waals surface area contributed by atoms with E-state index in [1.54, 1.807) is 0 Å². The van der Waals surface area contributed by atoms with Gasteiger partial charge in [-0.25, -0.2) is 0 Å². The molecule has 0 aromatic rings. The van der Waals surface area contributed by atoms with E-state index in [-0.39, 0.29) is 0 Å². The fourth-order valence-corrected chi connectivity index (χ4v) is 0.559. The molecule has 0 aromatic heterocycles. The van der Waals surface area contributed by atoms with Gasteiger partial charge in [0.15, 0.2) is 0 Å². The third kappa shape index (κ3) is 7.67. The molecule has 0 aromatic carbocycles. The van der Waals surface area contributed by atoms with E-state index in [1.807, 2.05) is 6.21 Å². The molecule has 0 saturated carbocycles. The summed E-state index contributed by atoms with van der Waals surface area (Å²) in [4.78, 5) is 4.31. The molecule has 0 aliphatic rings. The Morgan fingerprint density at radius 1 is 1.30 bits per heavy atom. The lowest BCUT2D eigenvalue weighted by Crippen LogP contribution is -2.09. The van der Waals surface area contributed by atoms with Gasteiger partial charge >= 0.3 is 0 Å². The van der Waals surface area contributed by atoms with Gasteiger partial charge in [0.2, 0.25) is 0 Å². The van der Waals surface area contributed by atoms with E-state index >= 15 is 0 Å². The minimum atomic E-state index is 0.351. The molecule has 0 fully saturated rings. The summed E-state index contributed by atoms with van der Waals surface area (Å²) in [6, 6.07) is 0. The van der Waals surface area contributed by atoms with Crippen molar-refractivity contribution in [2.24, 2.45) is 10.4 Å². The SMILES string of the molecule is CCCC=NCC(C)(C)C. The van der Waals surface area contributed by atoms with Crippen molar-refractivity contribution in [3.63, 3.8) is 0 Å². The number of rotatable bonds is 3. The minimum Gasteiger partial charge on any atom is -0.297 e. The fourth-order valence-electron chi connectivity index (χ4n) is 0.559. The van der Waals surface area contributed by atoms with Gasteiger partial charge in [-0.15, -0.1) is 0 Å². The van der Waals surface area contributed by atoms with E-state index in [0.29, 0.717) is 5.41 Å². The topological polar surface area (TPSA) is 12.4 Å². The van der Waals surface area contributed by atoms with Gasteiger partial charge in [0.1, 0.15) is 0 Å². The van der Waals surface area contributed by atoms with Crippen molar-refractivity contribution in [3.05, 3.63) is 0 Å². The number of hydrogen-bond acceptors (Lipinski definition) is 1. The molecule has 60 valence electrons. The monoisotopic (exact) mass is 141 g/mol. The van der Waals surface area contributed by atoms with Crippen molar-refractivity contribution in [1.29, 1.82) is 0 Å². The Hall–Kier alpha value is -0.330. The molecule has 1 heteroatoms. The summed E-state index contributed by atoms with van der Waals surface area (Å²) in [5.41, 5.74) is 0.351. The molecule has 0 rings (SSSR count).